The molecule has 108 valence electrons. The fraction of sp³-hybridized carbons (Fsp3) is 0.846. The molecule has 2 amide bonds. The van der Waals surface area contributed by atoms with Crippen molar-refractivity contribution in [2.75, 3.05) is 26.2 Å². The third kappa shape index (κ3) is 3.18. The number of nitrogens with zero attached hydrogens (tertiary/aromatic N) is 2. The largest absolute Gasteiger partial charge is 0.480 e. The van der Waals surface area contributed by atoms with Crippen molar-refractivity contribution in [2.24, 2.45) is 0 Å². The van der Waals surface area contributed by atoms with Crippen molar-refractivity contribution < 1.29 is 14.7 Å². The highest BCUT2D eigenvalue weighted by Gasteiger charge is 2.35. The maximum Gasteiger partial charge on any atom is 0.320 e. The molecule has 2 rings (SSSR count). The minimum Gasteiger partial charge on any atom is -0.480 e. The average molecular weight is 269 g/mol. The van der Waals surface area contributed by atoms with Gasteiger partial charge in [0.15, 0.2) is 0 Å². The first-order chi connectivity index (χ1) is 8.91. The zero-order valence-corrected chi connectivity index (χ0v) is 11.7. The van der Waals surface area contributed by atoms with Gasteiger partial charge in [-0.1, -0.05) is 0 Å². The number of amides is 2. The van der Waals surface area contributed by atoms with E-state index in [0.717, 1.165) is 12.8 Å². The Morgan fingerprint density at radius 2 is 1.79 bits per heavy atom. The number of carbonyl (C=O) groups is 2. The van der Waals surface area contributed by atoms with E-state index in [1.54, 1.807) is 11.8 Å². The summed E-state index contributed by atoms with van der Waals surface area (Å²) in [7, 11) is 0. The molecule has 1 heterocycles. The van der Waals surface area contributed by atoms with Gasteiger partial charge in [0.25, 0.3) is 0 Å². The number of rotatable bonds is 3. The average Bonchev–Trinajstić information content (AvgIpc) is 2.36. The fourth-order valence-electron chi connectivity index (χ4n) is 2.64. The van der Waals surface area contributed by atoms with Gasteiger partial charge in [0.05, 0.1) is 0 Å². The predicted octanol–water partition coefficient (Wildman–Crippen LogP) is 0.729. The maximum atomic E-state index is 12.1. The molecule has 2 aliphatic rings. The lowest BCUT2D eigenvalue weighted by atomic mass is 9.79. The van der Waals surface area contributed by atoms with Crippen LogP contribution in [-0.4, -0.2) is 64.7 Å². The minimum atomic E-state index is -0.806. The van der Waals surface area contributed by atoms with Gasteiger partial charge in [0, 0.05) is 31.7 Å². The van der Waals surface area contributed by atoms with Gasteiger partial charge >= 0.3 is 12.0 Å². The second kappa shape index (κ2) is 5.36. The molecule has 19 heavy (non-hydrogen) atoms. The summed E-state index contributed by atoms with van der Waals surface area (Å²) in [5.41, 5.74) is -0.0252. The molecule has 0 aromatic carbocycles. The molecule has 0 radical (unpaired) electrons. The molecule has 6 nitrogen and oxygen atoms in total. The number of carboxylic acid groups (broad SMARTS) is 1. The summed E-state index contributed by atoms with van der Waals surface area (Å²) >= 11 is 0. The molecule has 0 bridgehead atoms. The van der Waals surface area contributed by atoms with Gasteiger partial charge in [-0.2, -0.15) is 0 Å². The van der Waals surface area contributed by atoms with E-state index in [-0.39, 0.29) is 11.6 Å². The Kier molecular flexibility index (Phi) is 3.99. The molecule has 0 aromatic heterocycles. The molecule has 2 fully saturated rings. The number of carbonyl (C=O) groups excluding carboxylic acids is 1. The van der Waals surface area contributed by atoms with Gasteiger partial charge in [-0.05, 0) is 33.1 Å². The molecule has 1 aliphatic carbocycles. The Morgan fingerprint density at radius 3 is 2.21 bits per heavy atom. The van der Waals surface area contributed by atoms with Gasteiger partial charge in [-0.25, -0.2) is 4.79 Å². The second-order valence-corrected chi connectivity index (χ2v) is 5.88. The molecule has 1 unspecified atom stereocenters. The van der Waals surface area contributed by atoms with Crippen LogP contribution in [0.2, 0.25) is 0 Å². The molecule has 1 aliphatic heterocycles. The van der Waals surface area contributed by atoms with Crippen LogP contribution in [0.15, 0.2) is 0 Å². The summed E-state index contributed by atoms with van der Waals surface area (Å²) in [5, 5.41) is 12.0. The highest BCUT2D eigenvalue weighted by atomic mass is 16.4. The summed E-state index contributed by atoms with van der Waals surface area (Å²) in [6, 6.07) is -0.487. The van der Waals surface area contributed by atoms with Crippen LogP contribution >= 0.6 is 0 Å². The van der Waals surface area contributed by atoms with E-state index in [4.69, 9.17) is 5.11 Å². The first-order valence-corrected chi connectivity index (χ1v) is 6.95. The normalized spacial score (nSPS) is 24.4. The van der Waals surface area contributed by atoms with Crippen LogP contribution in [0.1, 0.15) is 33.1 Å². The van der Waals surface area contributed by atoms with Crippen LogP contribution in [-0.2, 0) is 4.79 Å². The number of hydrogen-bond acceptors (Lipinski definition) is 3. The first kappa shape index (κ1) is 14.1. The smallest absolute Gasteiger partial charge is 0.320 e. The monoisotopic (exact) mass is 269 g/mol. The zero-order valence-electron chi connectivity index (χ0n) is 11.7. The van der Waals surface area contributed by atoms with Crippen molar-refractivity contribution in [3.05, 3.63) is 0 Å². The zero-order chi connectivity index (χ0) is 14.0. The summed E-state index contributed by atoms with van der Waals surface area (Å²) in [6.45, 7) is 6.21. The van der Waals surface area contributed by atoms with Gasteiger partial charge in [0.1, 0.15) is 6.04 Å². The molecule has 1 saturated carbocycles. The maximum absolute atomic E-state index is 12.1. The molecule has 6 heteroatoms. The van der Waals surface area contributed by atoms with E-state index in [1.807, 2.05) is 4.90 Å². The molecule has 0 aromatic rings. The number of carboxylic acids is 1. The van der Waals surface area contributed by atoms with Crippen LogP contribution in [0.3, 0.4) is 0 Å². The second-order valence-electron chi connectivity index (χ2n) is 5.88. The SMILES string of the molecule is CC(C(=O)O)N1CCN(C(=O)NC2(C)CCC2)CC1. The lowest BCUT2D eigenvalue weighted by molar-refractivity contribution is -0.143. The number of piperazine rings is 1. The first-order valence-electron chi connectivity index (χ1n) is 6.95. The van der Waals surface area contributed by atoms with E-state index in [2.05, 4.69) is 12.2 Å². The molecule has 0 spiro atoms. The van der Waals surface area contributed by atoms with Crippen LogP contribution in [0.25, 0.3) is 0 Å². The van der Waals surface area contributed by atoms with Crippen molar-refractivity contribution in [3.63, 3.8) is 0 Å². The topological polar surface area (TPSA) is 72.9 Å². The Balaban J connectivity index is 1.79. The van der Waals surface area contributed by atoms with E-state index < -0.39 is 12.0 Å². The van der Waals surface area contributed by atoms with E-state index in [0.29, 0.717) is 26.2 Å². The van der Waals surface area contributed by atoms with Crippen molar-refractivity contribution in [2.45, 2.75) is 44.7 Å². The summed E-state index contributed by atoms with van der Waals surface area (Å²) in [4.78, 5) is 26.7. The van der Waals surface area contributed by atoms with Gasteiger partial charge in [-0.15, -0.1) is 0 Å². The fourth-order valence-corrected chi connectivity index (χ4v) is 2.64. The quantitative estimate of drug-likeness (QED) is 0.792. The van der Waals surface area contributed by atoms with E-state index in [1.165, 1.54) is 6.42 Å². The molecular weight excluding hydrogens is 246 g/mol. The van der Waals surface area contributed by atoms with Crippen LogP contribution in [0.4, 0.5) is 4.79 Å². The van der Waals surface area contributed by atoms with Crippen molar-refractivity contribution in [3.8, 4) is 0 Å². The van der Waals surface area contributed by atoms with E-state index in [9.17, 15) is 9.59 Å². The minimum absolute atomic E-state index is 0.00942. The van der Waals surface area contributed by atoms with Crippen molar-refractivity contribution in [1.29, 1.82) is 0 Å². The lowest BCUT2D eigenvalue weighted by Gasteiger charge is -2.42. The molecule has 1 saturated heterocycles. The predicted molar refractivity (Wildman–Crippen MR) is 71.0 cm³/mol. The van der Waals surface area contributed by atoms with Crippen LogP contribution in [0, 0.1) is 0 Å². The Bertz CT molecular complexity index is 360. The summed E-state index contributed by atoms with van der Waals surface area (Å²) in [5.74, 6) is -0.806. The number of urea groups is 1. The molecule has 2 N–H and O–H groups in total. The third-order valence-corrected chi connectivity index (χ3v) is 4.37. The number of aliphatic carboxylic acids is 1. The van der Waals surface area contributed by atoms with Crippen molar-refractivity contribution in [1.82, 2.24) is 15.1 Å². The highest BCUT2D eigenvalue weighted by molar-refractivity contribution is 5.75. The van der Waals surface area contributed by atoms with Gasteiger partial charge in [-0.3, -0.25) is 9.69 Å². The van der Waals surface area contributed by atoms with Crippen LogP contribution in [0.5, 0.6) is 0 Å². The van der Waals surface area contributed by atoms with E-state index >= 15 is 0 Å². The van der Waals surface area contributed by atoms with Gasteiger partial charge < -0.3 is 15.3 Å². The van der Waals surface area contributed by atoms with Crippen molar-refractivity contribution >= 4 is 12.0 Å². The lowest BCUT2D eigenvalue weighted by Crippen LogP contribution is -2.59. The number of hydrogen-bond donors (Lipinski definition) is 2. The van der Waals surface area contributed by atoms with Crippen LogP contribution < -0.4 is 5.32 Å². The number of nitrogens with one attached hydrogen (secondary N) is 1. The molecule has 1 atom stereocenters. The highest BCUT2D eigenvalue weighted by Crippen LogP contribution is 2.31. The third-order valence-electron chi connectivity index (χ3n) is 4.37. The Labute approximate surface area is 113 Å². The summed E-state index contributed by atoms with van der Waals surface area (Å²) in [6.07, 6.45) is 3.28. The Hall–Kier alpha value is -1.30. The molecular formula is C13H23N3O3. The standard InChI is InChI=1S/C13H23N3O3/c1-10(11(17)18)15-6-8-16(9-7-15)12(19)14-13(2)4-3-5-13/h10H,3-9H2,1-2H3,(H,14,19)(H,17,18). The Morgan fingerprint density at radius 1 is 1.21 bits per heavy atom. The summed E-state index contributed by atoms with van der Waals surface area (Å²) < 4.78 is 0. The van der Waals surface area contributed by atoms with Gasteiger partial charge in [0.2, 0.25) is 0 Å².